The summed E-state index contributed by atoms with van der Waals surface area (Å²) in [5.41, 5.74) is -0.300. The second-order valence-electron chi connectivity index (χ2n) is 7.87. The fourth-order valence-electron chi connectivity index (χ4n) is 3.73. The lowest BCUT2D eigenvalue weighted by Crippen LogP contribution is -2.71. The van der Waals surface area contributed by atoms with E-state index in [-0.39, 0.29) is 36.2 Å². The molecule has 3 atom stereocenters. The van der Waals surface area contributed by atoms with Gasteiger partial charge in [0.05, 0.1) is 0 Å². The number of amides is 2. The summed E-state index contributed by atoms with van der Waals surface area (Å²) in [7, 11) is -4.88. The van der Waals surface area contributed by atoms with Crippen molar-refractivity contribution in [2.75, 3.05) is 12.4 Å². The van der Waals surface area contributed by atoms with Gasteiger partial charge >= 0.3 is 17.9 Å². The minimum atomic E-state index is -4.88. The number of carboxylic acids is 2. The Balaban J connectivity index is 1.70. The largest absolute Gasteiger partial charge is 0.481 e. The lowest BCUT2D eigenvalue weighted by molar-refractivity contribution is -0.151. The maximum absolute atomic E-state index is 12.8. The van der Waals surface area contributed by atoms with Crippen LogP contribution in [0.1, 0.15) is 30.1 Å². The average molecular weight is 543 g/mol. The van der Waals surface area contributed by atoms with Crippen molar-refractivity contribution >= 4 is 51.6 Å². The molecule has 0 aromatic heterocycles. The van der Waals surface area contributed by atoms with E-state index in [9.17, 15) is 42.0 Å². The first-order chi connectivity index (χ1) is 16.9. The predicted octanol–water partition coefficient (Wildman–Crippen LogP) is 0.152. The normalized spacial score (nSPS) is 20.1. The number of nitrogens with one attached hydrogen (secondary N) is 1. The van der Waals surface area contributed by atoms with Crippen LogP contribution in [0.4, 0.5) is 0 Å². The van der Waals surface area contributed by atoms with E-state index < -0.39 is 68.8 Å². The average Bonchev–Trinajstić information content (AvgIpc) is 2.80. The molecule has 0 radical (unpaired) electrons. The number of hydrogen-bond donors (Lipinski definition) is 4. The quantitative estimate of drug-likeness (QED) is 0.168. The van der Waals surface area contributed by atoms with Gasteiger partial charge < -0.3 is 20.3 Å². The zero-order valence-electron chi connectivity index (χ0n) is 18.5. The van der Waals surface area contributed by atoms with Crippen LogP contribution in [0.5, 0.6) is 0 Å². The van der Waals surface area contributed by atoms with Crippen LogP contribution in [0, 0.1) is 0 Å². The fraction of sp³-hybridized carbons (Fsp3) is 0.381. The molecule has 2 heterocycles. The number of carboxylic acid groups (broad SMARTS) is 2. The summed E-state index contributed by atoms with van der Waals surface area (Å²) >= 11 is 1.07. The molecule has 2 amide bonds. The third-order valence-electron chi connectivity index (χ3n) is 5.36. The van der Waals surface area contributed by atoms with E-state index >= 15 is 0 Å². The summed E-state index contributed by atoms with van der Waals surface area (Å²) in [5, 5.41) is 17.7. The Kier molecular flexibility index (Phi) is 8.37. The Bertz CT molecular complexity index is 1210. The second kappa shape index (κ2) is 11.1. The maximum Gasteiger partial charge on any atom is 0.352 e. The van der Waals surface area contributed by atoms with Crippen LogP contribution in [0.25, 0.3) is 0 Å². The number of thioether (sulfide) groups is 1. The first kappa shape index (κ1) is 27.2. The van der Waals surface area contributed by atoms with E-state index in [0.717, 1.165) is 16.7 Å². The van der Waals surface area contributed by atoms with Gasteiger partial charge in [-0.2, -0.15) is 8.42 Å². The van der Waals surface area contributed by atoms with Gasteiger partial charge in [0.2, 0.25) is 5.91 Å². The van der Waals surface area contributed by atoms with Crippen LogP contribution in [0.2, 0.25) is 0 Å². The number of nitrogens with zero attached hydrogens (tertiary/aromatic N) is 1. The number of fused-ring (bicyclic) bond motifs is 1. The highest BCUT2D eigenvalue weighted by Gasteiger charge is 2.55. The van der Waals surface area contributed by atoms with E-state index in [4.69, 9.17) is 9.84 Å². The Labute approximate surface area is 209 Å². The zero-order valence-corrected chi connectivity index (χ0v) is 20.2. The standard InChI is InChI=1S/C21H22N2O11S2/c24-13(25)7-4-8-14(26)34-9-12-10-35-20-15(19(28)23(20)16(12)21(29)30)22-18(27)17(36(31,32)33)11-5-2-1-3-6-11/h1-3,5-6,15,17,20H,4,7-10H2,(H,22,27)(H,24,25)(H,29,30)(H,31,32,33)/t15-,17?,20+/m1/s1. The van der Waals surface area contributed by atoms with Crippen LogP contribution in [-0.4, -0.2) is 81.6 Å². The Morgan fingerprint density at radius 1 is 1.14 bits per heavy atom. The number of carbonyl (C=O) groups excluding carboxylic acids is 3. The van der Waals surface area contributed by atoms with Crippen molar-refractivity contribution in [2.45, 2.75) is 35.9 Å². The lowest BCUT2D eigenvalue weighted by Gasteiger charge is -2.49. The molecular weight excluding hydrogens is 520 g/mol. The van der Waals surface area contributed by atoms with E-state index in [1.807, 2.05) is 0 Å². The molecule has 3 rings (SSSR count). The molecule has 1 aromatic carbocycles. The third kappa shape index (κ3) is 6.03. The van der Waals surface area contributed by atoms with Gasteiger partial charge in [-0.3, -0.25) is 28.6 Å². The van der Waals surface area contributed by atoms with Crippen molar-refractivity contribution in [3.05, 3.63) is 47.2 Å². The number of esters is 1. The van der Waals surface area contributed by atoms with Gasteiger partial charge in [0, 0.05) is 24.2 Å². The molecular formula is C21H22N2O11S2. The van der Waals surface area contributed by atoms with Crippen LogP contribution >= 0.6 is 11.8 Å². The highest BCUT2D eigenvalue weighted by atomic mass is 32.2. The molecule has 36 heavy (non-hydrogen) atoms. The van der Waals surface area contributed by atoms with E-state index in [1.54, 1.807) is 6.07 Å². The summed E-state index contributed by atoms with van der Waals surface area (Å²) in [5.74, 6) is -5.19. The maximum atomic E-state index is 12.8. The molecule has 1 unspecified atom stereocenters. The van der Waals surface area contributed by atoms with Gasteiger partial charge in [-0.05, 0) is 12.0 Å². The van der Waals surface area contributed by atoms with Gasteiger partial charge in [-0.25, -0.2) is 4.79 Å². The molecule has 0 bridgehead atoms. The molecule has 0 spiro atoms. The van der Waals surface area contributed by atoms with Crippen molar-refractivity contribution in [1.29, 1.82) is 0 Å². The smallest absolute Gasteiger partial charge is 0.352 e. The van der Waals surface area contributed by atoms with E-state index in [2.05, 4.69) is 5.32 Å². The van der Waals surface area contributed by atoms with Crippen LogP contribution in [0.15, 0.2) is 41.6 Å². The minimum Gasteiger partial charge on any atom is -0.481 e. The molecule has 0 aliphatic carbocycles. The summed E-state index contributed by atoms with van der Waals surface area (Å²) in [6.45, 7) is -0.424. The van der Waals surface area contributed by atoms with Crippen LogP contribution in [-0.2, 0) is 38.8 Å². The molecule has 13 nitrogen and oxygen atoms in total. The van der Waals surface area contributed by atoms with Gasteiger partial charge in [0.1, 0.15) is 23.7 Å². The molecule has 15 heteroatoms. The number of carbonyl (C=O) groups is 5. The van der Waals surface area contributed by atoms with Crippen molar-refractivity contribution in [3.63, 3.8) is 0 Å². The van der Waals surface area contributed by atoms with Crippen LogP contribution < -0.4 is 5.32 Å². The molecule has 1 fully saturated rings. The SMILES string of the molecule is O=C(O)CCCC(=O)OCC1=C(C(=O)O)N2C(=O)[C@@H](NC(=O)C(c3ccccc3)S(=O)(=O)O)[C@@H]2SC1. The monoisotopic (exact) mass is 542 g/mol. The van der Waals surface area contributed by atoms with Gasteiger partial charge in [0.15, 0.2) is 5.25 Å². The Hall–Kier alpha value is -3.43. The number of ether oxygens (including phenoxy) is 1. The zero-order chi connectivity index (χ0) is 26.6. The Morgan fingerprint density at radius 3 is 2.39 bits per heavy atom. The molecule has 194 valence electrons. The summed E-state index contributed by atoms with van der Waals surface area (Å²) in [6, 6.07) is 5.92. The van der Waals surface area contributed by atoms with E-state index in [1.165, 1.54) is 24.3 Å². The molecule has 1 saturated heterocycles. The first-order valence-electron chi connectivity index (χ1n) is 10.5. The molecule has 0 saturated carbocycles. The highest BCUT2D eigenvalue weighted by Crippen LogP contribution is 2.40. The molecule has 1 aromatic rings. The molecule has 2 aliphatic rings. The number of hydrogen-bond acceptors (Lipinski definition) is 9. The minimum absolute atomic E-state index is 0.0176. The second-order valence-corrected chi connectivity index (χ2v) is 10.5. The molecule has 2 aliphatic heterocycles. The van der Waals surface area contributed by atoms with Crippen molar-refractivity contribution in [1.82, 2.24) is 10.2 Å². The molecule has 4 N–H and O–H groups in total. The third-order valence-corrected chi connectivity index (χ3v) is 7.79. The predicted molar refractivity (Wildman–Crippen MR) is 123 cm³/mol. The van der Waals surface area contributed by atoms with Gasteiger partial charge in [-0.1, -0.05) is 30.3 Å². The number of rotatable bonds is 11. The number of benzene rings is 1. The Morgan fingerprint density at radius 2 is 1.81 bits per heavy atom. The number of aliphatic carboxylic acids is 2. The van der Waals surface area contributed by atoms with E-state index in [0.29, 0.717) is 0 Å². The fourth-order valence-corrected chi connectivity index (χ4v) is 5.90. The topological polar surface area (TPSA) is 205 Å². The van der Waals surface area contributed by atoms with Crippen molar-refractivity contribution in [3.8, 4) is 0 Å². The van der Waals surface area contributed by atoms with Gasteiger partial charge in [0.25, 0.3) is 16.0 Å². The summed E-state index contributed by atoms with van der Waals surface area (Å²) in [4.78, 5) is 60.7. The van der Waals surface area contributed by atoms with Crippen molar-refractivity contribution < 1.29 is 51.9 Å². The summed E-state index contributed by atoms with van der Waals surface area (Å²) < 4.78 is 38.4. The van der Waals surface area contributed by atoms with Crippen LogP contribution in [0.3, 0.4) is 0 Å². The van der Waals surface area contributed by atoms with Crippen molar-refractivity contribution in [2.24, 2.45) is 0 Å². The highest BCUT2D eigenvalue weighted by molar-refractivity contribution is 8.00. The number of β-lactam (4-membered cyclic amide) rings is 1. The van der Waals surface area contributed by atoms with Gasteiger partial charge in [-0.15, -0.1) is 11.8 Å². The lowest BCUT2D eigenvalue weighted by atomic mass is 10.0. The summed E-state index contributed by atoms with van der Waals surface area (Å²) in [6.07, 6.45) is -0.353. The first-order valence-corrected chi connectivity index (χ1v) is 13.1.